The van der Waals surface area contributed by atoms with Gasteiger partial charge in [0.2, 0.25) is 0 Å². The third-order valence-electron chi connectivity index (χ3n) is 3.06. The Balaban J connectivity index is 2.77. The largest absolute Gasteiger partial charge is 0.494 e. The van der Waals surface area contributed by atoms with Crippen LogP contribution in [0.3, 0.4) is 0 Å². The molecule has 0 bridgehead atoms. The summed E-state index contributed by atoms with van der Waals surface area (Å²) in [5, 5.41) is 3.56. The summed E-state index contributed by atoms with van der Waals surface area (Å²) in [5.74, 6) is 0.921. The van der Waals surface area contributed by atoms with Gasteiger partial charge in [-0.15, -0.1) is 0 Å². The topological polar surface area (TPSA) is 30.5 Å². The van der Waals surface area contributed by atoms with Crippen molar-refractivity contribution in [3.8, 4) is 5.75 Å². The van der Waals surface area contributed by atoms with E-state index in [1.165, 1.54) is 5.56 Å². The van der Waals surface area contributed by atoms with Crippen molar-refractivity contribution in [2.45, 2.75) is 46.3 Å². The highest BCUT2D eigenvalue weighted by Gasteiger charge is 2.18. The van der Waals surface area contributed by atoms with E-state index < -0.39 is 0 Å². The molecule has 3 nitrogen and oxygen atoms in total. The van der Waals surface area contributed by atoms with Crippen molar-refractivity contribution in [2.75, 3.05) is 19.8 Å². The highest BCUT2D eigenvalue weighted by atomic mass is 16.5. The predicted octanol–water partition coefficient (Wildman–Crippen LogP) is 3.55. The van der Waals surface area contributed by atoms with Gasteiger partial charge >= 0.3 is 0 Å². The first-order valence-electron chi connectivity index (χ1n) is 7.30. The van der Waals surface area contributed by atoms with Gasteiger partial charge in [0.05, 0.1) is 18.8 Å². The minimum absolute atomic E-state index is 0.162. The molecule has 0 saturated carbocycles. The second-order valence-electron chi connectivity index (χ2n) is 4.59. The fraction of sp³-hybridized carbons (Fsp3) is 0.625. The highest BCUT2D eigenvalue weighted by Crippen LogP contribution is 2.22. The van der Waals surface area contributed by atoms with Crippen molar-refractivity contribution in [1.29, 1.82) is 0 Å². The molecule has 2 atom stereocenters. The summed E-state index contributed by atoms with van der Waals surface area (Å²) in [7, 11) is 0. The van der Waals surface area contributed by atoms with Crippen LogP contribution in [0.5, 0.6) is 5.75 Å². The van der Waals surface area contributed by atoms with Crippen molar-refractivity contribution >= 4 is 0 Å². The van der Waals surface area contributed by atoms with Crippen LogP contribution in [-0.4, -0.2) is 25.9 Å². The number of benzene rings is 1. The average molecular weight is 265 g/mol. The maximum absolute atomic E-state index is 5.74. The van der Waals surface area contributed by atoms with Crippen LogP contribution in [0.4, 0.5) is 0 Å². The lowest BCUT2D eigenvalue weighted by Crippen LogP contribution is -2.32. The van der Waals surface area contributed by atoms with E-state index in [-0.39, 0.29) is 12.1 Å². The molecule has 1 aromatic carbocycles. The maximum Gasteiger partial charge on any atom is 0.119 e. The van der Waals surface area contributed by atoms with Crippen molar-refractivity contribution in [3.63, 3.8) is 0 Å². The minimum atomic E-state index is 0.162. The lowest BCUT2D eigenvalue weighted by Gasteiger charge is -2.25. The van der Waals surface area contributed by atoms with Gasteiger partial charge in [-0.1, -0.05) is 19.1 Å². The molecule has 0 amide bonds. The smallest absolute Gasteiger partial charge is 0.119 e. The molecule has 0 aliphatic carbocycles. The first-order chi connectivity index (χ1) is 9.22. The van der Waals surface area contributed by atoms with E-state index in [9.17, 15) is 0 Å². The van der Waals surface area contributed by atoms with Gasteiger partial charge < -0.3 is 14.8 Å². The summed E-state index contributed by atoms with van der Waals surface area (Å²) >= 11 is 0. The van der Waals surface area contributed by atoms with E-state index in [0.717, 1.165) is 25.3 Å². The Morgan fingerprint density at radius 3 is 2.26 bits per heavy atom. The zero-order valence-electron chi connectivity index (χ0n) is 12.6. The SMILES string of the molecule is CCCNC(c1ccc(OCC)cc1)C(C)OCC. The second-order valence-corrected chi connectivity index (χ2v) is 4.59. The highest BCUT2D eigenvalue weighted by molar-refractivity contribution is 5.29. The Bertz CT molecular complexity index is 337. The number of hydrogen-bond donors (Lipinski definition) is 1. The molecular weight excluding hydrogens is 238 g/mol. The van der Waals surface area contributed by atoms with Crippen LogP contribution in [0.2, 0.25) is 0 Å². The third kappa shape index (κ3) is 5.21. The summed E-state index contributed by atoms with van der Waals surface area (Å²) in [6.07, 6.45) is 1.28. The normalized spacial score (nSPS) is 14.1. The lowest BCUT2D eigenvalue weighted by atomic mass is 10.0. The van der Waals surface area contributed by atoms with Gasteiger partial charge in [-0.3, -0.25) is 0 Å². The van der Waals surface area contributed by atoms with Crippen molar-refractivity contribution < 1.29 is 9.47 Å². The van der Waals surface area contributed by atoms with Gasteiger partial charge in [0, 0.05) is 6.61 Å². The van der Waals surface area contributed by atoms with Crippen LogP contribution >= 0.6 is 0 Å². The molecule has 108 valence electrons. The van der Waals surface area contributed by atoms with Crippen LogP contribution in [0.1, 0.15) is 45.7 Å². The Labute approximate surface area is 117 Å². The summed E-state index contributed by atoms with van der Waals surface area (Å²) < 4.78 is 11.2. The maximum atomic E-state index is 5.74. The monoisotopic (exact) mass is 265 g/mol. The molecule has 0 aromatic heterocycles. The van der Waals surface area contributed by atoms with Gasteiger partial charge in [-0.05, 0) is 51.4 Å². The fourth-order valence-electron chi connectivity index (χ4n) is 2.15. The van der Waals surface area contributed by atoms with Crippen LogP contribution in [0.15, 0.2) is 24.3 Å². The first-order valence-corrected chi connectivity index (χ1v) is 7.30. The fourth-order valence-corrected chi connectivity index (χ4v) is 2.15. The number of rotatable bonds is 9. The molecular formula is C16H27NO2. The molecule has 1 aromatic rings. The molecule has 19 heavy (non-hydrogen) atoms. The number of ether oxygens (including phenoxy) is 2. The Morgan fingerprint density at radius 2 is 1.74 bits per heavy atom. The standard InChI is InChI=1S/C16H27NO2/c1-5-12-17-16(13(4)18-6-2)14-8-10-15(11-9-14)19-7-3/h8-11,13,16-17H,5-7,12H2,1-4H3. The average Bonchev–Trinajstić information content (AvgIpc) is 2.41. The van der Waals surface area contributed by atoms with E-state index in [1.807, 2.05) is 26.0 Å². The van der Waals surface area contributed by atoms with E-state index in [0.29, 0.717) is 6.61 Å². The summed E-state index contributed by atoms with van der Waals surface area (Å²) in [4.78, 5) is 0. The molecule has 1 N–H and O–H groups in total. The lowest BCUT2D eigenvalue weighted by molar-refractivity contribution is 0.0472. The van der Waals surface area contributed by atoms with Gasteiger partial charge in [0.1, 0.15) is 5.75 Å². The molecule has 0 spiro atoms. The van der Waals surface area contributed by atoms with Crippen LogP contribution in [-0.2, 0) is 4.74 Å². The zero-order valence-corrected chi connectivity index (χ0v) is 12.6. The summed E-state index contributed by atoms with van der Waals surface area (Å²) in [5.41, 5.74) is 1.25. The summed E-state index contributed by atoms with van der Waals surface area (Å²) in [6, 6.07) is 8.52. The van der Waals surface area contributed by atoms with E-state index in [4.69, 9.17) is 9.47 Å². The van der Waals surface area contributed by atoms with E-state index in [2.05, 4.69) is 31.3 Å². The molecule has 1 rings (SSSR count). The summed E-state index contributed by atoms with van der Waals surface area (Å²) in [6.45, 7) is 10.8. The van der Waals surface area contributed by atoms with Crippen molar-refractivity contribution in [3.05, 3.63) is 29.8 Å². The minimum Gasteiger partial charge on any atom is -0.494 e. The Kier molecular flexibility index (Phi) is 7.53. The van der Waals surface area contributed by atoms with Crippen molar-refractivity contribution in [1.82, 2.24) is 5.32 Å². The van der Waals surface area contributed by atoms with Crippen LogP contribution in [0, 0.1) is 0 Å². The molecule has 3 heteroatoms. The molecule has 0 aliphatic heterocycles. The predicted molar refractivity (Wildman–Crippen MR) is 79.7 cm³/mol. The van der Waals surface area contributed by atoms with E-state index in [1.54, 1.807) is 0 Å². The van der Waals surface area contributed by atoms with Gasteiger partial charge in [0.25, 0.3) is 0 Å². The third-order valence-corrected chi connectivity index (χ3v) is 3.06. The first kappa shape index (κ1) is 16.0. The quantitative estimate of drug-likeness (QED) is 0.740. The second kappa shape index (κ2) is 8.94. The Morgan fingerprint density at radius 1 is 1.05 bits per heavy atom. The van der Waals surface area contributed by atoms with Crippen LogP contribution < -0.4 is 10.1 Å². The molecule has 2 unspecified atom stereocenters. The van der Waals surface area contributed by atoms with Crippen molar-refractivity contribution in [2.24, 2.45) is 0 Å². The zero-order chi connectivity index (χ0) is 14.1. The van der Waals surface area contributed by atoms with Gasteiger partial charge in [0.15, 0.2) is 0 Å². The molecule has 0 aliphatic rings. The number of nitrogens with one attached hydrogen (secondary N) is 1. The number of hydrogen-bond acceptors (Lipinski definition) is 3. The van der Waals surface area contributed by atoms with Gasteiger partial charge in [-0.25, -0.2) is 0 Å². The van der Waals surface area contributed by atoms with Crippen LogP contribution in [0.25, 0.3) is 0 Å². The molecule has 0 fully saturated rings. The van der Waals surface area contributed by atoms with Gasteiger partial charge in [-0.2, -0.15) is 0 Å². The Hall–Kier alpha value is -1.06. The molecule has 0 heterocycles. The molecule has 0 radical (unpaired) electrons. The van der Waals surface area contributed by atoms with E-state index >= 15 is 0 Å². The molecule has 0 saturated heterocycles.